The highest BCUT2D eigenvalue weighted by molar-refractivity contribution is 7.19. The molecule has 37 heavy (non-hydrogen) atoms. The molecule has 0 saturated heterocycles. The third kappa shape index (κ3) is 5.93. The molecule has 1 heterocycles. The first kappa shape index (κ1) is 26.2. The molecule has 0 radical (unpaired) electrons. The van der Waals surface area contributed by atoms with Crippen molar-refractivity contribution in [3.8, 4) is 11.5 Å². The highest BCUT2D eigenvalue weighted by atomic mass is 32.1. The zero-order valence-electron chi connectivity index (χ0n) is 21.0. The van der Waals surface area contributed by atoms with Crippen LogP contribution in [0.2, 0.25) is 0 Å². The molecule has 4 aromatic rings. The molecule has 2 atom stereocenters. The summed E-state index contributed by atoms with van der Waals surface area (Å²) >= 11 is 1.48. The Morgan fingerprint density at radius 1 is 0.946 bits per heavy atom. The van der Waals surface area contributed by atoms with E-state index in [-0.39, 0.29) is 13.0 Å². The van der Waals surface area contributed by atoms with E-state index in [0.29, 0.717) is 17.1 Å². The summed E-state index contributed by atoms with van der Waals surface area (Å²) in [6.45, 7) is 1.88. The van der Waals surface area contributed by atoms with Crippen molar-refractivity contribution in [3.05, 3.63) is 94.9 Å². The lowest BCUT2D eigenvalue weighted by atomic mass is 9.84. The van der Waals surface area contributed by atoms with E-state index in [1.54, 1.807) is 33.3 Å². The maximum absolute atomic E-state index is 13.5. The van der Waals surface area contributed by atoms with Crippen LogP contribution in [0.25, 0.3) is 10.1 Å². The van der Waals surface area contributed by atoms with Crippen molar-refractivity contribution in [1.29, 1.82) is 0 Å². The largest absolute Gasteiger partial charge is 0.493 e. The summed E-state index contributed by atoms with van der Waals surface area (Å²) in [5.41, 5.74) is 6.23. The molecule has 192 valence electrons. The van der Waals surface area contributed by atoms with Crippen molar-refractivity contribution in [2.75, 3.05) is 14.2 Å². The number of methoxy groups -OCH3 is 2. The monoisotopic (exact) mass is 518 g/mol. The number of nitrogens with two attached hydrogens (primary N) is 1. The first-order chi connectivity index (χ1) is 17.8. The van der Waals surface area contributed by atoms with Gasteiger partial charge >= 0.3 is 5.97 Å². The molecule has 3 aromatic carbocycles. The number of fused-ring (bicyclic) bond motifs is 1. The average molecular weight is 519 g/mol. The van der Waals surface area contributed by atoms with Crippen molar-refractivity contribution in [2.24, 2.45) is 11.1 Å². The Hall–Kier alpha value is -3.88. The lowest BCUT2D eigenvalue weighted by Gasteiger charge is -2.27. The molecule has 0 saturated carbocycles. The molecular formula is C29H30N2O5S. The van der Waals surface area contributed by atoms with Crippen LogP contribution < -0.4 is 20.5 Å². The van der Waals surface area contributed by atoms with E-state index in [9.17, 15) is 9.59 Å². The first-order valence-electron chi connectivity index (χ1n) is 11.8. The van der Waals surface area contributed by atoms with Gasteiger partial charge in [0.1, 0.15) is 5.41 Å². The zero-order valence-corrected chi connectivity index (χ0v) is 21.8. The SMILES string of the molecule is COc1cc2cc(CC(C)(C(=O)NCc3ccccc3)C(=O)OC(N)c3ccccc3)sc2cc1OC. The maximum atomic E-state index is 13.5. The van der Waals surface area contributed by atoms with E-state index in [4.69, 9.17) is 19.9 Å². The minimum atomic E-state index is -1.52. The second-order valence-electron chi connectivity index (χ2n) is 8.87. The van der Waals surface area contributed by atoms with Crippen molar-refractivity contribution in [1.82, 2.24) is 5.32 Å². The Morgan fingerprint density at radius 3 is 2.22 bits per heavy atom. The number of carbonyl (C=O) groups excluding carboxylic acids is 2. The van der Waals surface area contributed by atoms with Crippen LogP contribution in [0.4, 0.5) is 0 Å². The fourth-order valence-electron chi connectivity index (χ4n) is 4.03. The van der Waals surface area contributed by atoms with Gasteiger partial charge in [0.2, 0.25) is 5.91 Å². The van der Waals surface area contributed by atoms with Crippen LogP contribution in [0.1, 0.15) is 29.2 Å². The first-order valence-corrected chi connectivity index (χ1v) is 12.6. The number of hydrogen-bond acceptors (Lipinski definition) is 7. The Bertz CT molecular complexity index is 1330. The highest BCUT2D eigenvalue weighted by Gasteiger charge is 2.44. The number of ether oxygens (including phenoxy) is 3. The normalized spacial score (nSPS) is 13.4. The van der Waals surface area contributed by atoms with Crippen LogP contribution in [0.15, 0.2) is 78.9 Å². The number of nitrogens with one attached hydrogen (secondary N) is 1. The van der Waals surface area contributed by atoms with Crippen molar-refractivity contribution < 1.29 is 23.8 Å². The molecule has 0 fully saturated rings. The van der Waals surface area contributed by atoms with Crippen LogP contribution in [0, 0.1) is 5.41 Å². The van der Waals surface area contributed by atoms with E-state index >= 15 is 0 Å². The Balaban J connectivity index is 1.62. The van der Waals surface area contributed by atoms with Gasteiger partial charge in [-0.2, -0.15) is 0 Å². The molecule has 1 amide bonds. The molecule has 4 rings (SSSR count). The Morgan fingerprint density at radius 2 is 1.57 bits per heavy atom. The number of carbonyl (C=O) groups is 2. The van der Waals surface area contributed by atoms with Gasteiger partial charge in [-0.15, -0.1) is 11.3 Å². The number of hydrogen-bond donors (Lipinski definition) is 2. The zero-order chi connectivity index (χ0) is 26.4. The molecule has 8 heteroatoms. The van der Waals surface area contributed by atoms with E-state index in [1.807, 2.05) is 66.7 Å². The van der Waals surface area contributed by atoms with E-state index in [2.05, 4.69) is 5.32 Å². The molecule has 2 unspecified atom stereocenters. The number of thiophene rings is 1. The van der Waals surface area contributed by atoms with Gasteiger partial charge in [-0.25, -0.2) is 0 Å². The van der Waals surface area contributed by atoms with Gasteiger partial charge in [0.05, 0.1) is 14.2 Å². The second-order valence-corrected chi connectivity index (χ2v) is 10.0. The minimum Gasteiger partial charge on any atom is -0.493 e. The molecular weight excluding hydrogens is 488 g/mol. The summed E-state index contributed by atoms with van der Waals surface area (Å²) in [6.07, 6.45) is -0.858. The van der Waals surface area contributed by atoms with Gasteiger partial charge in [-0.1, -0.05) is 60.7 Å². The lowest BCUT2D eigenvalue weighted by molar-refractivity contribution is -0.165. The number of amides is 1. The topological polar surface area (TPSA) is 99.9 Å². The number of esters is 1. The molecule has 0 aliphatic carbocycles. The van der Waals surface area contributed by atoms with Crippen LogP contribution in [-0.2, 0) is 27.3 Å². The molecule has 0 bridgehead atoms. The van der Waals surface area contributed by atoms with Crippen LogP contribution in [0.5, 0.6) is 11.5 Å². The van der Waals surface area contributed by atoms with Gasteiger partial charge in [0.15, 0.2) is 17.7 Å². The molecule has 1 aromatic heterocycles. The molecule has 7 nitrogen and oxygen atoms in total. The molecule has 3 N–H and O–H groups in total. The van der Waals surface area contributed by atoms with Gasteiger partial charge < -0.3 is 19.5 Å². The Kier molecular flexibility index (Phi) is 8.11. The predicted octanol–water partition coefficient (Wildman–Crippen LogP) is 4.98. The van der Waals surface area contributed by atoms with Gasteiger partial charge in [0, 0.05) is 34.2 Å². The van der Waals surface area contributed by atoms with Crippen molar-refractivity contribution >= 4 is 33.3 Å². The van der Waals surface area contributed by atoms with E-state index in [0.717, 1.165) is 20.5 Å². The van der Waals surface area contributed by atoms with Crippen LogP contribution in [-0.4, -0.2) is 26.1 Å². The molecule has 0 spiro atoms. The summed E-state index contributed by atoms with van der Waals surface area (Å²) in [5, 5.41) is 3.84. The quantitative estimate of drug-likeness (QED) is 0.174. The van der Waals surface area contributed by atoms with Gasteiger partial charge in [0.25, 0.3) is 0 Å². The van der Waals surface area contributed by atoms with Crippen molar-refractivity contribution in [2.45, 2.75) is 26.1 Å². The van der Waals surface area contributed by atoms with E-state index in [1.165, 1.54) is 11.3 Å². The fourth-order valence-corrected chi connectivity index (χ4v) is 5.26. The molecule has 0 aliphatic rings. The van der Waals surface area contributed by atoms with Crippen LogP contribution in [0.3, 0.4) is 0 Å². The summed E-state index contributed by atoms with van der Waals surface area (Å²) in [5.74, 6) is 0.0900. The fraction of sp³-hybridized carbons (Fsp3) is 0.241. The third-order valence-corrected chi connectivity index (χ3v) is 7.31. The smallest absolute Gasteiger partial charge is 0.323 e. The second kappa shape index (κ2) is 11.5. The van der Waals surface area contributed by atoms with Crippen LogP contribution >= 0.6 is 11.3 Å². The third-order valence-electron chi connectivity index (χ3n) is 6.21. The lowest BCUT2D eigenvalue weighted by Crippen LogP contribution is -2.47. The van der Waals surface area contributed by atoms with Gasteiger partial charge in [-0.3, -0.25) is 15.3 Å². The summed E-state index contributed by atoms with van der Waals surface area (Å²) in [6, 6.07) is 24.3. The van der Waals surface area contributed by atoms with Crippen molar-refractivity contribution in [3.63, 3.8) is 0 Å². The summed E-state index contributed by atoms with van der Waals surface area (Å²) in [7, 11) is 3.16. The average Bonchev–Trinajstić information content (AvgIpc) is 3.32. The summed E-state index contributed by atoms with van der Waals surface area (Å²) < 4.78 is 17.4. The van der Waals surface area contributed by atoms with Gasteiger partial charge in [-0.05, 0) is 30.0 Å². The number of rotatable bonds is 10. The molecule has 0 aliphatic heterocycles. The number of benzene rings is 3. The standard InChI is InChI=1S/C29H30N2O5S/c1-29(27(32)31-18-19-10-6-4-7-11-19,28(33)36-26(30)20-12-8-5-9-13-20)17-22-14-21-15-23(34-2)24(35-3)16-25(21)37-22/h4-16,26H,17-18,30H2,1-3H3,(H,31,32). The highest BCUT2D eigenvalue weighted by Crippen LogP contribution is 2.39. The summed E-state index contributed by atoms with van der Waals surface area (Å²) in [4.78, 5) is 27.9. The predicted molar refractivity (Wildman–Crippen MR) is 144 cm³/mol. The Labute approximate surface area is 220 Å². The van der Waals surface area contributed by atoms with E-state index < -0.39 is 23.5 Å². The minimum absolute atomic E-state index is 0.137. The maximum Gasteiger partial charge on any atom is 0.323 e.